The van der Waals surface area contributed by atoms with Crippen molar-refractivity contribution in [2.24, 2.45) is 5.92 Å². The molecule has 2 unspecified atom stereocenters. The minimum atomic E-state index is -3.69. The number of nitrogens with zero attached hydrogens (tertiary/aromatic N) is 3. The zero-order chi connectivity index (χ0) is 22.2. The van der Waals surface area contributed by atoms with Crippen molar-refractivity contribution in [3.8, 4) is 0 Å². The molecule has 0 spiro atoms. The Kier molecular flexibility index (Phi) is 6.65. The number of piperazine rings is 1. The Morgan fingerprint density at radius 3 is 2.06 bits per heavy atom. The van der Waals surface area contributed by atoms with Crippen molar-refractivity contribution < 1.29 is 26.4 Å². The molecule has 2 atom stereocenters. The second-order valence-corrected chi connectivity index (χ2v) is 13.8. The van der Waals surface area contributed by atoms with E-state index >= 15 is 0 Å². The fourth-order valence-corrected chi connectivity index (χ4v) is 9.96. The van der Waals surface area contributed by atoms with Gasteiger partial charge in [-0.25, -0.2) is 16.8 Å². The van der Waals surface area contributed by atoms with Crippen LogP contribution in [0.3, 0.4) is 0 Å². The van der Waals surface area contributed by atoms with E-state index < -0.39 is 31.2 Å². The number of amides is 2. The molecular weight excluding hydrogens is 442 g/mol. The first-order valence-corrected chi connectivity index (χ1v) is 14.8. The topological polar surface area (TPSA) is 112 Å². The van der Waals surface area contributed by atoms with Crippen molar-refractivity contribution in [3.63, 3.8) is 0 Å². The van der Waals surface area contributed by atoms with Crippen molar-refractivity contribution in [3.05, 3.63) is 0 Å². The lowest BCUT2D eigenvalue weighted by Gasteiger charge is -2.38. The van der Waals surface area contributed by atoms with Crippen LogP contribution in [-0.4, -0.2) is 98.3 Å². The quantitative estimate of drug-likeness (QED) is 0.575. The molecule has 0 aromatic rings. The fourth-order valence-electron chi connectivity index (χ4n) is 5.45. The van der Waals surface area contributed by atoms with Gasteiger partial charge in [0.05, 0.1) is 16.8 Å². The van der Waals surface area contributed by atoms with Crippen molar-refractivity contribution >= 4 is 31.7 Å². The van der Waals surface area contributed by atoms with E-state index in [1.54, 1.807) is 9.80 Å². The van der Waals surface area contributed by atoms with Gasteiger partial charge in [0, 0.05) is 38.6 Å². The van der Waals surface area contributed by atoms with Crippen LogP contribution in [0.2, 0.25) is 0 Å². The lowest BCUT2D eigenvalue weighted by molar-refractivity contribution is -0.147. The predicted molar refractivity (Wildman–Crippen MR) is 115 cm³/mol. The summed E-state index contributed by atoms with van der Waals surface area (Å²) in [6, 6.07) is -0.433. The van der Waals surface area contributed by atoms with Crippen LogP contribution < -0.4 is 0 Å². The van der Waals surface area contributed by atoms with Gasteiger partial charge < -0.3 is 9.80 Å². The van der Waals surface area contributed by atoms with Crippen LogP contribution in [-0.2, 0) is 29.4 Å². The summed E-state index contributed by atoms with van der Waals surface area (Å²) in [5.74, 6) is -0.329. The van der Waals surface area contributed by atoms with Gasteiger partial charge in [0.15, 0.2) is 9.84 Å². The molecule has 3 heterocycles. The standard InChI is InChI=1S/C20H33N3O6S2/c24-19(16-5-2-1-3-6-16)23-9-4-7-18(23)20(25)21-10-12-22(13-11-21)31(28,29)17-8-14-30(26,27)15-17/h16-18H,1-15H2. The summed E-state index contributed by atoms with van der Waals surface area (Å²) in [5, 5.41) is -0.877. The van der Waals surface area contributed by atoms with Crippen LogP contribution in [0, 0.1) is 5.92 Å². The van der Waals surface area contributed by atoms with E-state index in [-0.39, 0.29) is 61.8 Å². The summed E-state index contributed by atoms with van der Waals surface area (Å²) in [4.78, 5) is 29.6. The van der Waals surface area contributed by atoms with Gasteiger partial charge in [-0.2, -0.15) is 4.31 Å². The smallest absolute Gasteiger partial charge is 0.245 e. The molecule has 1 aliphatic carbocycles. The van der Waals surface area contributed by atoms with Crippen LogP contribution in [0.1, 0.15) is 51.4 Å². The van der Waals surface area contributed by atoms with Gasteiger partial charge in [0.1, 0.15) is 6.04 Å². The largest absolute Gasteiger partial charge is 0.338 e. The van der Waals surface area contributed by atoms with Crippen molar-refractivity contribution in [1.82, 2.24) is 14.1 Å². The van der Waals surface area contributed by atoms with E-state index in [1.807, 2.05) is 0 Å². The number of carbonyl (C=O) groups is 2. The van der Waals surface area contributed by atoms with Gasteiger partial charge >= 0.3 is 0 Å². The van der Waals surface area contributed by atoms with Gasteiger partial charge in [-0.05, 0) is 32.1 Å². The summed E-state index contributed by atoms with van der Waals surface area (Å²) >= 11 is 0. The molecule has 11 heteroatoms. The third kappa shape index (κ3) is 4.78. The van der Waals surface area contributed by atoms with Crippen molar-refractivity contribution in [2.75, 3.05) is 44.2 Å². The summed E-state index contributed by atoms with van der Waals surface area (Å²) < 4.78 is 50.4. The van der Waals surface area contributed by atoms with Crippen molar-refractivity contribution in [1.29, 1.82) is 0 Å². The molecule has 0 radical (unpaired) electrons. The predicted octanol–water partition coefficient (Wildman–Crippen LogP) is 0.219. The molecular formula is C20H33N3O6S2. The highest BCUT2D eigenvalue weighted by Gasteiger charge is 2.43. The van der Waals surface area contributed by atoms with E-state index in [9.17, 15) is 26.4 Å². The Balaban J connectivity index is 1.35. The normalized spacial score (nSPS) is 30.6. The van der Waals surface area contributed by atoms with Crippen LogP contribution >= 0.6 is 0 Å². The molecule has 9 nitrogen and oxygen atoms in total. The summed E-state index contributed by atoms with van der Waals surface area (Å²) in [6.07, 6.45) is 6.75. The highest BCUT2D eigenvalue weighted by molar-refractivity contribution is 7.95. The number of hydrogen-bond donors (Lipinski definition) is 0. The lowest BCUT2D eigenvalue weighted by atomic mass is 9.88. The molecule has 4 aliphatic rings. The third-order valence-electron chi connectivity index (χ3n) is 7.30. The summed E-state index contributed by atoms with van der Waals surface area (Å²) in [7, 11) is -6.97. The average molecular weight is 476 g/mol. The minimum Gasteiger partial charge on any atom is -0.338 e. The number of sulfonamides is 1. The Morgan fingerprint density at radius 2 is 1.45 bits per heavy atom. The maximum Gasteiger partial charge on any atom is 0.245 e. The van der Waals surface area contributed by atoms with E-state index in [2.05, 4.69) is 0 Å². The zero-order valence-corrected chi connectivity index (χ0v) is 19.6. The van der Waals surface area contributed by atoms with Gasteiger partial charge in [-0.1, -0.05) is 19.3 Å². The zero-order valence-electron chi connectivity index (χ0n) is 17.9. The molecule has 4 fully saturated rings. The molecule has 3 saturated heterocycles. The second-order valence-electron chi connectivity index (χ2n) is 9.32. The van der Waals surface area contributed by atoms with E-state index in [1.165, 1.54) is 10.7 Å². The number of likely N-dealkylation sites (tertiary alicyclic amines) is 1. The lowest BCUT2D eigenvalue weighted by Crippen LogP contribution is -2.56. The molecule has 4 rings (SSSR count). The summed E-state index contributed by atoms with van der Waals surface area (Å²) in [6.45, 7) is 1.52. The van der Waals surface area contributed by atoms with Crippen LogP contribution in [0.25, 0.3) is 0 Å². The van der Waals surface area contributed by atoms with E-state index in [0.717, 1.165) is 32.1 Å². The minimum absolute atomic E-state index is 0.0341. The molecule has 0 bridgehead atoms. The first-order chi connectivity index (χ1) is 14.7. The molecule has 1 saturated carbocycles. The van der Waals surface area contributed by atoms with E-state index in [0.29, 0.717) is 13.0 Å². The van der Waals surface area contributed by atoms with Gasteiger partial charge in [-0.15, -0.1) is 0 Å². The molecule has 0 aromatic heterocycles. The van der Waals surface area contributed by atoms with Crippen LogP contribution in [0.5, 0.6) is 0 Å². The van der Waals surface area contributed by atoms with Crippen molar-refractivity contribution in [2.45, 2.75) is 62.7 Å². The maximum absolute atomic E-state index is 13.2. The molecule has 3 aliphatic heterocycles. The number of carbonyl (C=O) groups excluding carboxylic acids is 2. The third-order valence-corrected chi connectivity index (χ3v) is 11.6. The monoisotopic (exact) mass is 475 g/mol. The number of sulfone groups is 1. The highest BCUT2D eigenvalue weighted by Crippen LogP contribution is 2.30. The number of hydrogen-bond acceptors (Lipinski definition) is 6. The number of rotatable bonds is 4. The molecule has 2 amide bonds. The van der Waals surface area contributed by atoms with Crippen LogP contribution in [0.15, 0.2) is 0 Å². The first-order valence-electron chi connectivity index (χ1n) is 11.5. The Bertz CT molecular complexity index is 905. The van der Waals surface area contributed by atoms with Crippen LogP contribution in [0.4, 0.5) is 0 Å². The van der Waals surface area contributed by atoms with E-state index in [4.69, 9.17) is 0 Å². The Morgan fingerprint density at radius 1 is 0.774 bits per heavy atom. The SMILES string of the molecule is O=C(C1CCCN1C(=O)C1CCCCC1)N1CCN(S(=O)(=O)C2CCS(=O)(=O)C2)CC1. The molecule has 0 N–H and O–H groups in total. The van der Waals surface area contributed by atoms with Gasteiger partial charge in [-0.3, -0.25) is 9.59 Å². The summed E-state index contributed by atoms with van der Waals surface area (Å²) in [5.41, 5.74) is 0. The fraction of sp³-hybridized carbons (Fsp3) is 0.900. The Hall–Kier alpha value is -1.20. The van der Waals surface area contributed by atoms with Gasteiger partial charge in [0.25, 0.3) is 0 Å². The first kappa shape index (κ1) is 23.0. The highest BCUT2D eigenvalue weighted by atomic mass is 32.2. The maximum atomic E-state index is 13.2. The molecule has 176 valence electrons. The molecule has 31 heavy (non-hydrogen) atoms. The Labute approximate surface area is 185 Å². The van der Waals surface area contributed by atoms with Gasteiger partial charge in [0.2, 0.25) is 21.8 Å². The average Bonchev–Trinajstić information content (AvgIpc) is 3.40. The second kappa shape index (κ2) is 8.97. The molecule has 0 aromatic carbocycles.